The number of carbonyl (C=O) groups is 1. The van der Waals surface area contributed by atoms with Gasteiger partial charge in [0.1, 0.15) is 6.10 Å². The summed E-state index contributed by atoms with van der Waals surface area (Å²) in [4.78, 5) is 16.2. The molecule has 0 aromatic carbocycles. The third kappa shape index (κ3) is 4.63. The van der Waals surface area contributed by atoms with Crippen molar-refractivity contribution in [1.82, 2.24) is 24.6 Å². The van der Waals surface area contributed by atoms with Gasteiger partial charge in [0.2, 0.25) is 11.8 Å². The van der Waals surface area contributed by atoms with E-state index in [0.717, 1.165) is 5.39 Å². The lowest BCUT2D eigenvalue weighted by atomic mass is 10.0. The van der Waals surface area contributed by atoms with Crippen molar-refractivity contribution in [3.05, 3.63) is 36.8 Å². The van der Waals surface area contributed by atoms with Crippen molar-refractivity contribution in [2.24, 2.45) is 13.0 Å². The summed E-state index contributed by atoms with van der Waals surface area (Å²) in [5.41, 5.74) is 2.40. The van der Waals surface area contributed by atoms with E-state index in [9.17, 15) is 18.0 Å². The lowest BCUT2D eigenvalue weighted by molar-refractivity contribution is -0.136. The number of rotatable bonds is 7. The Kier molecular flexibility index (Phi) is 5.70. The highest BCUT2D eigenvalue weighted by atomic mass is 19.4. The fourth-order valence-corrected chi connectivity index (χ4v) is 3.86. The van der Waals surface area contributed by atoms with Gasteiger partial charge in [-0.15, -0.1) is 0 Å². The Hall–Kier alpha value is -3.30. The number of nitrogens with zero attached hydrogens (tertiary/aromatic N) is 4. The minimum absolute atomic E-state index is 0.00386. The van der Waals surface area contributed by atoms with Crippen LogP contribution in [0.2, 0.25) is 0 Å². The van der Waals surface area contributed by atoms with Crippen molar-refractivity contribution in [1.29, 1.82) is 0 Å². The second-order valence-corrected chi connectivity index (χ2v) is 8.06. The number of carbonyl (C=O) groups excluding carboxylic acids is 1. The maximum Gasteiger partial charge on any atom is 0.390 e. The summed E-state index contributed by atoms with van der Waals surface area (Å²) in [6.45, 7) is 5.93. The van der Waals surface area contributed by atoms with Crippen LogP contribution in [0.25, 0.3) is 28.2 Å². The van der Waals surface area contributed by atoms with Gasteiger partial charge in [0.15, 0.2) is 0 Å². The molecule has 0 unspecified atom stereocenters. The van der Waals surface area contributed by atoms with Gasteiger partial charge in [0, 0.05) is 56.1 Å². The van der Waals surface area contributed by atoms with Crippen molar-refractivity contribution in [3.8, 4) is 17.1 Å². The lowest BCUT2D eigenvalue weighted by Crippen LogP contribution is -2.26. The molecule has 1 N–H and O–H groups in total. The first-order chi connectivity index (χ1) is 15.1. The Balaban J connectivity index is 1.68. The molecule has 10 heteroatoms. The Morgan fingerprint density at radius 3 is 2.81 bits per heavy atom. The third-order valence-electron chi connectivity index (χ3n) is 5.62. The summed E-state index contributed by atoms with van der Waals surface area (Å²) >= 11 is 0. The number of halogens is 3. The van der Waals surface area contributed by atoms with E-state index in [1.165, 1.54) is 10.6 Å². The van der Waals surface area contributed by atoms with E-state index >= 15 is 0 Å². The number of amides is 1. The highest BCUT2D eigenvalue weighted by Crippen LogP contribution is 2.32. The molecule has 32 heavy (non-hydrogen) atoms. The largest absolute Gasteiger partial charge is 0.474 e. The zero-order valence-corrected chi connectivity index (χ0v) is 17.8. The van der Waals surface area contributed by atoms with Crippen LogP contribution in [-0.2, 0) is 18.4 Å². The predicted molar refractivity (Wildman–Crippen MR) is 114 cm³/mol. The summed E-state index contributed by atoms with van der Waals surface area (Å²) < 4.78 is 47.4. The molecular weight excluding hydrogens is 423 g/mol. The summed E-state index contributed by atoms with van der Waals surface area (Å²) in [6.07, 6.45) is -0.108. The second-order valence-electron chi connectivity index (χ2n) is 8.06. The summed E-state index contributed by atoms with van der Waals surface area (Å²) in [6, 6.07) is 3.52. The van der Waals surface area contributed by atoms with Crippen molar-refractivity contribution < 1.29 is 22.7 Å². The highest BCUT2D eigenvalue weighted by molar-refractivity contribution is 5.87. The molecular formula is C22H24F3N5O2. The number of aryl methyl sites for hydroxylation is 2. The maximum atomic E-state index is 12.7. The fourth-order valence-electron chi connectivity index (χ4n) is 3.86. The van der Waals surface area contributed by atoms with E-state index in [4.69, 9.17) is 4.74 Å². The molecule has 1 amide bonds. The quantitative estimate of drug-likeness (QED) is 0.596. The van der Waals surface area contributed by atoms with Gasteiger partial charge in [0.25, 0.3) is 0 Å². The average molecular weight is 447 g/mol. The van der Waals surface area contributed by atoms with Crippen LogP contribution in [0.1, 0.15) is 25.5 Å². The van der Waals surface area contributed by atoms with Crippen molar-refractivity contribution in [2.75, 3.05) is 6.54 Å². The lowest BCUT2D eigenvalue weighted by Gasteiger charge is -2.19. The van der Waals surface area contributed by atoms with Gasteiger partial charge in [0.05, 0.1) is 23.0 Å². The molecule has 4 rings (SSSR count). The SMILES string of the molecule is C=Cc1cc(-c2cc3nn(C)cc3c(O[C@H](C)[C@H]3CNC(=O)C3)n2)cn1CCC(F)(F)F. The third-order valence-corrected chi connectivity index (χ3v) is 5.62. The average Bonchev–Trinajstić information content (AvgIpc) is 3.42. The standard InChI is InChI=1S/C22H24F3N5O2/c1-4-16-7-15(11-30(16)6-5-22(23,24)25)18-9-19-17(12-29(3)28-19)21(27-18)32-13(2)14-8-20(31)26-10-14/h4,7,9,11-14H,1,5-6,8,10H2,2-3H3,(H,26,31)/t13-,14-/m1/s1. The van der Waals surface area contributed by atoms with E-state index in [0.29, 0.717) is 41.3 Å². The smallest absolute Gasteiger partial charge is 0.390 e. The summed E-state index contributed by atoms with van der Waals surface area (Å²) in [5.74, 6) is 0.395. The van der Waals surface area contributed by atoms with Crippen LogP contribution in [0.4, 0.5) is 13.2 Å². The fraction of sp³-hybridized carbons (Fsp3) is 0.409. The molecule has 4 heterocycles. The number of aromatic nitrogens is 4. The number of alkyl halides is 3. The van der Waals surface area contributed by atoms with Crippen LogP contribution < -0.4 is 10.1 Å². The first-order valence-corrected chi connectivity index (χ1v) is 10.3. The van der Waals surface area contributed by atoms with Crippen molar-refractivity contribution >= 4 is 22.9 Å². The van der Waals surface area contributed by atoms with Gasteiger partial charge < -0.3 is 14.6 Å². The number of hydrogen-bond acceptors (Lipinski definition) is 4. The zero-order chi connectivity index (χ0) is 23.0. The summed E-state index contributed by atoms with van der Waals surface area (Å²) in [5, 5.41) is 7.98. The van der Waals surface area contributed by atoms with E-state index in [2.05, 4.69) is 22.0 Å². The molecule has 3 aromatic heterocycles. The highest BCUT2D eigenvalue weighted by Gasteiger charge is 2.29. The Morgan fingerprint density at radius 2 is 2.16 bits per heavy atom. The van der Waals surface area contributed by atoms with Crippen molar-refractivity contribution in [3.63, 3.8) is 0 Å². The van der Waals surface area contributed by atoms with Crippen LogP contribution in [0.15, 0.2) is 31.1 Å². The molecule has 1 fully saturated rings. The Labute approximate surface area is 182 Å². The Morgan fingerprint density at radius 1 is 1.38 bits per heavy atom. The molecule has 2 atom stereocenters. The van der Waals surface area contributed by atoms with Gasteiger partial charge in [-0.05, 0) is 25.1 Å². The molecule has 1 saturated heterocycles. The number of ether oxygens (including phenoxy) is 1. The predicted octanol–water partition coefficient (Wildman–Crippen LogP) is 3.94. The van der Waals surface area contributed by atoms with Gasteiger partial charge >= 0.3 is 6.18 Å². The maximum absolute atomic E-state index is 12.7. The normalized spacial score (nSPS) is 17.5. The Bertz CT molecular complexity index is 1160. The minimum atomic E-state index is -4.25. The number of hydrogen-bond donors (Lipinski definition) is 1. The van der Waals surface area contributed by atoms with Crippen LogP contribution in [0, 0.1) is 5.92 Å². The molecule has 0 saturated carbocycles. The molecule has 7 nitrogen and oxygen atoms in total. The van der Waals surface area contributed by atoms with E-state index in [-0.39, 0.29) is 24.5 Å². The van der Waals surface area contributed by atoms with E-state index < -0.39 is 12.6 Å². The minimum Gasteiger partial charge on any atom is -0.474 e. The van der Waals surface area contributed by atoms with Gasteiger partial charge in [-0.2, -0.15) is 18.3 Å². The molecule has 1 aliphatic rings. The van der Waals surface area contributed by atoms with E-state index in [1.54, 1.807) is 36.3 Å². The topological polar surface area (TPSA) is 74.0 Å². The monoisotopic (exact) mass is 447 g/mol. The number of fused-ring (bicyclic) bond motifs is 1. The molecule has 0 spiro atoms. The molecule has 170 valence electrons. The van der Waals surface area contributed by atoms with Crippen molar-refractivity contribution in [2.45, 2.75) is 38.6 Å². The van der Waals surface area contributed by atoms with Crippen LogP contribution >= 0.6 is 0 Å². The second kappa shape index (κ2) is 8.33. The number of pyridine rings is 1. The first-order valence-electron chi connectivity index (χ1n) is 10.3. The zero-order valence-electron chi connectivity index (χ0n) is 17.8. The molecule has 0 radical (unpaired) electrons. The van der Waals surface area contributed by atoms with Crippen LogP contribution in [-0.4, -0.2) is 44.1 Å². The summed E-state index contributed by atoms with van der Waals surface area (Å²) in [7, 11) is 1.79. The molecule has 0 bridgehead atoms. The molecule has 0 aliphatic carbocycles. The first kappa shape index (κ1) is 21.9. The molecule has 1 aliphatic heterocycles. The molecule has 3 aromatic rings. The van der Waals surface area contributed by atoms with Gasteiger partial charge in [-0.3, -0.25) is 9.48 Å². The van der Waals surface area contributed by atoms with Crippen LogP contribution in [0.3, 0.4) is 0 Å². The van der Waals surface area contributed by atoms with Crippen LogP contribution in [0.5, 0.6) is 5.88 Å². The van der Waals surface area contributed by atoms with Gasteiger partial charge in [-0.25, -0.2) is 4.98 Å². The van der Waals surface area contributed by atoms with Gasteiger partial charge in [-0.1, -0.05) is 6.58 Å². The number of nitrogens with one attached hydrogen (secondary N) is 1. The van der Waals surface area contributed by atoms with E-state index in [1.807, 2.05) is 6.92 Å².